The number of anilines is 1. The number of rotatable bonds is 4. The summed E-state index contributed by atoms with van der Waals surface area (Å²) in [5, 5.41) is 3.21. The van der Waals surface area contributed by atoms with Gasteiger partial charge in [-0.3, -0.25) is 4.79 Å². The van der Waals surface area contributed by atoms with E-state index in [1.165, 1.54) is 0 Å². The zero-order valence-electron chi connectivity index (χ0n) is 8.22. The maximum atomic E-state index is 11.3. The van der Waals surface area contributed by atoms with E-state index in [1.807, 2.05) is 19.1 Å². The summed E-state index contributed by atoms with van der Waals surface area (Å²) in [6, 6.07) is 5.44. The van der Waals surface area contributed by atoms with Crippen LogP contribution in [-0.4, -0.2) is 19.1 Å². The molecule has 1 aromatic carbocycles. The van der Waals surface area contributed by atoms with E-state index in [0.717, 1.165) is 3.57 Å². The maximum absolute atomic E-state index is 11.3. The van der Waals surface area contributed by atoms with Crippen molar-refractivity contribution in [3.05, 3.63) is 26.8 Å². The molecule has 0 heterocycles. The molecular formula is C10H11ClINO2. The molecule has 0 saturated heterocycles. The Morgan fingerprint density at radius 2 is 2.33 bits per heavy atom. The summed E-state index contributed by atoms with van der Waals surface area (Å²) in [6.07, 6.45) is 0. The molecule has 0 spiro atoms. The van der Waals surface area contributed by atoms with Gasteiger partial charge in [-0.05, 0) is 47.7 Å². The number of ether oxygens (including phenoxy) is 1. The lowest BCUT2D eigenvalue weighted by atomic mass is 10.3. The summed E-state index contributed by atoms with van der Waals surface area (Å²) < 4.78 is 6.00. The van der Waals surface area contributed by atoms with Crippen LogP contribution >= 0.6 is 34.2 Å². The fourth-order valence-electron chi connectivity index (χ4n) is 0.974. The lowest BCUT2D eigenvalue weighted by molar-refractivity contribution is -0.120. The van der Waals surface area contributed by atoms with Crippen molar-refractivity contribution in [3.63, 3.8) is 0 Å². The largest absolute Gasteiger partial charge is 0.372 e. The molecule has 0 fully saturated rings. The Hall–Kier alpha value is -0.330. The van der Waals surface area contributed by atoms with Gasteiger partial charge in [0.2, 0.25) is 5.91 Å². The van der Waals surface area contributed by atoms with Crippen LogP contribution in [0.4, 0.5) is 5.69 Å². The number of hydrogen-bond acceptors (Lipinski definition) is 2. The van der Waals surface area contributed by atoms with Crippen LogP contribution in [0.25, 0.3) is 0 Å². The van der Waals surface area contributed by atoms with Crippen LogP contribution in [0, 0.1) is 3.57 Å². The first-order chi connectivity index (χ1) is 7.13. The molecule has 0 atom stereocenters. The van der Waals surface area contributed by atoms with Crippen molar-refractivity contribution in [2.24, 2.45) is 0 Å². The highest BCUT2D eigenvalue weighted by atomic mass is 127. The highest BCUT2D eigenvalue weighted by Gasteiger charge is 2.05. The number of carbonyl (C=O) groups excluding carboxylic acids is 1. The Bertz CT molecular complexity index is 357. The molecule has 1 amide bonds. The molecule has 0 aromatic heterocycles. The Balaban J connectivity index is 2.63. The second-order valence-electron chi connectivity index (χ2n) is 2.81. The molecule has 0 aliphatic carbocycles. The molecule has 0 radical (unpaired) electrons. The van der Waals surface area contributed by atoms with E-state index in [0.29, 0.717) is 17.3 Å². The van der Waals surface area contributed by atoms with Crippen molar-refractivity contribution in [2.75, 3.05) is 18.5 Å². The third-order valence-corrected chi connectivity index (χ3v) is 2.64. The van der Waals surface area contributed by atoms with E-state index < -0.39 is 0 Å². The van der Waals surface area contributed by atoms with Gasteiger partial charge in [-0.15, -0.1) is 0 Å². The standard InChI is InChI=1S/C10H11ClINO2/c1-2-15-6-10(14)13-9-5-7(12)3-4-8(9)11/h3-5H,2,6H2,1H3,(H,13,14). The molecule has 1 N–H and O–H groups in total. The van der Waals surface area contributed by atoms with Gasteiger partial charge in [-0.25, -0.2) is 0 Å². The normalized spacial score (nSPS) is 10.1. The molecule has 3 nitrogen and oxygen atoms in total. The highest BCUT2D eigenvalue weighted by Crippen LogP contribution is 2.23. The molecule has 0 bridgehead atoms. The molecule has 1 aromatic rings. The number of hydrogen-bond donors (Lipinski definition) is 1. The summed E-state index contributed by atoms with van der Waals surface area (Å²) in [4.78, 5) is 11.3. The number of carbonyl (C=O) groups is 1. The lowest BCUT2D eigenvalue weighted by Gasteiger charge is -2.07. The predicted molar refractivity (Wildman–Crippen MR) is 69.3 cm³/mol. The van der Waals surface area contributed by atoms with Gasteiger partial charge in [0.25, 0.3) is 0 Å². The quantitative estimate of drug-likeness (QED) is 0.857. The molecule has 5 heteroatoms. The minimum Gasteiger partial charge on any atom is -0.372 e. The molecule has 0 aliphatic rings. The van der Waals surface area contributed by atoms with Gasteiger partial charge < -0.3 is 10.1 Å². The zero-order chi connectivity index (χ0) is 11.3. The van der Waals surface area contributed by atoms with Gasteiger partial charge in [0.1, 0.15) is 6.61 Å². The van der Waals surface area contributed by atoms with Gasteiger partial charge in [0.05, 0.1) is 10.7 Å². The Labute approximate surface area is 107 Å². The second kappa shape index (κ2) is 6.30. The van der Waals surface area contributed by atoms with Crippen molar-refractivity contribution >= 4 is 45.8 Å². The summed E-state index contributed by atoms with van der Waals surface area (Å²) in [5.41, 5.74) is 0.619. The van der Waals surface area contributed by atoms with E-state index >= 15 is 0 Å². The fraction of sp³-hybridized carbons (Fsp3) is 0.300. The van der Waals surface area contributed by atoms with Crippen LogP contribution in [0.5, 0.6) is 0 Å². The summed E-state index contributed by atoms with van der Waals surface area (Å²) in [6.45, 7) is 2.41. The van der Waals surface area contributed by atoms with Gasteiger partial charge >= 0.3 is 0 Å². The van der Waals surface area contributed by atoms with E-state index in [9.17, 15) is 4.79 Å². The molecule has 0 aliphatic heterocycles. The minimum absolute atomic E-state index is 0.0539. The number of benzene rings is 1. The average Bonchev–Trinajstić information content (AvgIpc) is 2.20. The monoisotopic (exact) mass is 339 g/mol. The second-order valence-corrected chi connectivity index (χ2v) is 4.46. The van der Waals surface area contributed by atoms with Crippen LogP contribution < -0.4 is 5.32 Å². The van der Waals surface area contributed by atoms with Gasteiger partial charge in [-0.2, -0.15) is 0 Å². The van der Waals surface area contributed by atoms with Crippen molar-refractivity contribution < 1.29 is 9.53 Å². The molecular weight excluding hydrogens is 328 g/mol. The van der Waals surface area contributed by atoms with E-state index in [1.54, 1.807) is 6.07 Å². The van der Waals surface area contributed by atoms with E-state index in [-0.39, 0.29) is 12.5 Å². The third-order valence-electron chi connectivity index (χ3n) is 1.64. The Morgan fingerprint density at radius 1 is 1.60 bits per heavy atom. The first-order valence-corrected chi connectivity index (χ1v) is 5.91. The Morgan fingerprint density at radius 3 is 3.00 bits per heavy atom. The third kappa shape index (κ3) is 4.36. The van der Waals surface area contributed by atoms with Gasteiger partial charge in [0, 0.05) is 10.2 Å². The molecule has 0 saturated carbocycles. The first kappa shape index (κ1) is 12.7. The molecule has 82 valence electrons. The van der Waals surface area contributed by atoms with Crippen molar-refractivity contribution in [1.29, 1.82) is 0 Å². The summed E-state index contributed by atoms with van der Waals surface area (Å²) in [7, 11) is 0. The fourth-order valence-corrected chi connectivity index (χ4v) is 1.63. The van der Waals surface area contributed by atoms with Crippen LogP contribution in [0.3, 0.4) is 0 Å². The van der Waals surface area contributed by atoms with Gasteiger partial charge in [0.15, 0.2) is 0 Å². The highest BCUT2D eigenvalue weighted by molar-refractivity contribution is 14.1. The van der Waals surface area contributed by atoms with E-state index in [2.05, 4.69) is 27.9 Å². The van der Waals surface area contributed by atoms with Crippen LogP contribution in [0.2, 0.25) is 5.02 Å². The van der Waals surface area contributed by atoms with Crippen molar-refractivity contribution in [2.45, 2.75) is 6.92 Å². The minimum atomic E-state index is -0.194. The summed E-state index contributed by atoms with van der Waals surface area (Å²) >= 11 is 8.07. The lowest BCUT2D eigenvalue weighted by Crippen LogP contribution is -2.18. The topological polar surface area (TPSA) is 38.3 Å². The van der Waals surface area contributed by atoms with Crippen LogP contribution in [0.1, 0.15) is 6.92 Å². The SMILES string of the molecule is CCOCC(=O)Nc1cc(I)ccc1Cl. The van der Waals surface area contributed by atoms with Crippen LogP contribution in [0.15, 0.2) is 18.2 Å². The van der Waals surface area contributed by atoms with Crippen molar-refractivity contribution in [3.8, 4) is 0 Å². The zero-order valence-corrected chi connectivity index (χ0v) is 11.1. The van der Waals surface area contributed by atoms with Gasteiger partial charge in [-0.1, -0.05) is 11.6 Å². The predicted octanol–water partition coefficient (Wildman–Crippen LogP) is 2.92. The number of halogens is 2. The van der Waals surface area contributed by atoms with Crippen LogP contribution in [-0.2, 0) is 9.53 Å². The molecule has 0 unspecified atom stereocenters. The number of nitrogens with one attached hydrogen (secondary N) is 1. The Kier molecular flexibility index (Phi) is 5.35. The molecule has 1 rings (SSSR count). The van der Waals surface area contributed by atoms with Crippen molar-refractivity contribution in [1.82, 2.24) is 0 Å². The average molecular weight is 340 g/mol. The van der Waals surface area contributed by atoms with E-state index in [4.69, 9.17) is 16.3 Å². The number of amides is 1. The smallest absolute Gasteiger partial charge is 0.250 e. The maximum Gasteiger partial charge on any atom is 0.250 e. The summed E-state index contributed by atoms with van der Waals surface area (Å²) in [5.74, 6) is -0.194. The molecule has 15 heavy (non-hydrogen) atoms. The first-order valence-electron chi connectivity index (χ1n) is 4.46.